The number of alkyl halides is 3. The van der Waals surface area contributed by atoms with Crippen molar-refractivity contribution in [1.29, 1.82) is 0 Å². The fourth-order valence-electron chi connectivity index (χ4n) is 1.06. The van der Waals surface area contributed by atoms with Crippen LogP contribution in [-0.2, 0) is 9.59 Å². The first kappa shape index (κ1) is 16.7. The Labute approximate surface area is 103 Å². The highest BCUT2D eigenvalue weighted by Gasteiger charge is 2.55. The van der Waals surface area contributed by atoms with Gasteiger partial charge in [0.25, 0.3) is 0 Å². The summed E-state index contributed by atoms with van der Waals surface area (Å²) in [7, 11) is 0. The summed E-state index contributed by atoms with van der Waals surface area (Å²) in [5.41, 5.74) is 0.825. The first-order valence-corrected chi connectivity index (χ1v) is 5.10. The van der Waals surface area contributed by atoms with Gasteiger partial charge in [-0.15, -0.1) is 0 Å². The standard InChI is InChI=1S/C10H17F3N2O3/c1-8(2,3)5(6(16)17)15-7(18)9(4,14)10(11,12)13/h5H,14H2,1-4H3,(H,15,18)(H,16,17)/t5-,9?/m0/s1. The molecule has 0 bridgehead atoms. The number of aliphatic carboxylic acids is 1. The van der Waals surface area contributed by atoms with Crippen molar-refractivity contribution < 1.29 is 27.9 Å². The topological polar surface area (TPSA) is 92.4 Å². The third-order valence-corrected chi connectivity index (χ3v) is 2.45. The van der Waals surface area contributed by atoms with Crippen molar-refractivity contribution >= 4 is 11.9 Å². The molecule has 0 aliphatic heterocycles. The van der Waals surface area contributed by atoms with Crippen LogP contribution in [0.15, 0.2) is 0 Å². The highest BCUT2D eigenvalue weighted by molar-refractivity contribution is 5.90. The van der Waals surface area contributed by atoms with Gasteiger partial charge in [0.15, 0.2) is 5.54 Å². The molecule has 0 heterocycles. The lowest BCUT2D eigenvalue weighted by molar-refractivity contribution is -0.189. The van der Waals surface area contributed by atoms with Crippen molar-refractivity contribution in [2.45, 2.75) is 45.5 Å². The maximum atomic E-state index is 12.5. The summed E-state index contributed by atoms with van der Waals surface area (Å²) in [6, 6.07) is -1.46. The number of hydrogen-bond acceptors (Lipinski definition) is 3. The van der Waals surface area contributed by atoms with Gasteiger partial charge in [-0.2, -0.15) is 13.2 Å². The van der Waals surface area contributed by atoms with Crippen LogP contribution in [0.25, 0.3) is 0 Å². The molecule has 0 aromatic rings. The average molecular weight is 270 g/mol. The van der Waals surface area contributed by atoms with Crippen LogP contribution in [0.2, 0.25) is 0 Å². The average Bonchev–Trinajstić information content (AvgIpc) is 2.08. The summed E-state index contributed by atoms with van der Waals surface area (Å²) in [5.74, 6) is -2.99. The molecule has 0 aliphatic carbocycles. The Hall–Kier alpha value is -1.31. The van der Waals surface area contributed by atoms with Gasteiger partial charge in [-0.05, 0) is 12.3 Å². The number of carboxylic acid groups (broad SMARTS) is 1. The Morgan fingerprint density at radius 3 is 1.78 bits per heavy atom. The summed E-state index contributed by atoms with van der Waals surface area (Å²) >= 11 is 0. The molecule has 0 rings (SSSR count). The van der Waals surface area contributed by atoms with E-state index in [-0.39, 0.29) is 0 Å². The number of nitrogens with one attached hydrogen (secondary N) is 1. The Bertz CT molecular complexity index is 345. The van der Waals surface area contributed by atoms with Gasteiger partial charge in [0.2, 0.25) is 5.91 Å². The number of carbonyl (C=O) groups excluding carboxylic acids is 1. The molecule has 0 spiro atoms. The predicted octanol–water partition coefficient (Wildman–Crippen LogP) is 0.882. The Morgan fingerprint density at radius 2 is 1.56 bits per heavy atom. The molecule has 0 fully saturated rings. The second-order valence-electron chi connectivity index (χ2n) is 5.31. The summed E-state index contributed by atoms with van der Waals surface area (Å²) in [4.78, 5) is 22.4. The molecule has 1 amide bonds. The van der Waals surface area contributed by atoms with Crippen molar-refractivity contribution in [3.63, 3.8) is 0 Å². The Morgan fingerprint density at radius 1 is 1.17 bits per heavy atom. The van der Waals surface area contributed by atoms with Gasteiger partial charge < -0.3 is 16.2 Å². The number of amides is 1. The SMILES string of the molecule is CC(C)(C)[C@@H](NC(=O)C(C)(N)C(F)(F)F)C(=O)O. The largest absolute Gasteiger partial charge is 0.480 e. The molecule has 18 heavy (non-hydrogen) atoms. The first-order chi connectivity index (χ1) is 7.71. The van der Waals surface area contributed by atoms with Crippen molar-refractivity contribution in [1.82, 2.24) is 5.32 Å². The Kier molecular flexibility index (Phi) is 4.41. The van der Waals surface area contributed by atoms with Gasteiger partial charge in [-0.25, -0.2) is 4.79 Å². The van der Waals surface area contributed by atoms with Crippen LogP contribution in [0, 0.1) is 5.41 Å². The smallest absolute Gasteiger partial charge is 0.415 e. The van der Waals surface area contributed by atoms with Crippen molar-refractivity contribution in [2.75, 3.05) is 0 Å². The van der Waals surface area contributed by atoms with Crippen LogP contribution in [0.5, 0.6) is 0 Å². The van der Waals surface area contributed by atoms with Crippen LogP contribution in [0.3, 0.4) is 0 Å². The van der Waals surface area contributed by atoms with E-state index in [4.69, 9.17) is 10.8 Å². The Balaban J connectivity index is 5.11. The zero-order chi connectivity index (χ0) is 14.9. The van der Waals surface area contributed by atoms with Gasteiger partial charge in [0, 0.05) is 0 Å². The summed E-state index contributed by atoms with van der Waals surface area (Å²) in [5, 5.41) is 10.7. The van der Waals surface area contributed by atoms with Gasteiger partial charge >= 0.3 is 12.1 Å². The van der Waals surface area contributed by atoms with E-state index in [0.717, 1.165) is 0 Å². The lowest BCUT2D eigenvalue weighted by Gasteiger charge is -2.32. The molecule has 1 unspecified atom stereocenters. The number of halogens is 3. The molecule has 0 aromatic heterocycles. The molecule has 106 valence electrons. The maximum absolute atomic E-state index is 12.5. The van der Waals surface area contributed by atoms with Gasteiger partial charge in [-0.3, -0.25) is 4.79 Å². The molecule has 5 nitrogen and oxygen atoms in total. The minimum absolute atomic E-state index is 0.490. The van der Waals surface area contributed by atoms with E-state index < -0.39 is 35.0 Å². The van der Waals surface area contributed by atoms with Crippen molar-refractivity contribution in [3.05, 3.63) is 0 Å². The molecule has 0 aliphatic rings. The molecular weight excluding hydrogens is 253 g/mol. The fraction of sp³-hybridized carbons (Fsp3) is 0.800. The third kappa shape index (κ3) is 3.59. The third-order valence-electron chi connectivity index (χ3n) is 2.45. The zero-order valence-corrected chi connectivity index (χ0v) is 10.6. The number of hydrogen-bond donors (Lipinski definition) is 3. The lowest BCUT2D eigenvalue weighted by atomic mass is 9.86. The monoisotopic (exact) mass is 270 g/mol. The summed E-state index contributed by atoms with van der Waals surface area (Å²) < 4.78 is 37.5. The quantitative estimate of drug-likeness (QED) is 0.710. The molecule has 0 radical (unpaired) electrons. The van der Waals surface area contributed by atoms with Gasteiger partial charge in [-0.1, -0.05) is 20.8 Å². The van der Waals surface area contributed by atoms with E-state index in [0.29, 0.717) is 6.92 Å². The van der Waals surface area contributed by atoms with E-state index in [1.54, 1.807) is 0 Å². The van der Waals surface area contributed by atoms with Crippen LogP contribution in [0.1, 0.15) is 27.7 Å². The second-order valence-corrected chi connectivity index (χ2v) is 5.31. The highest BCUT2D eigenvalue weighted by Crippen LogP contribution is 2.29. The molecule has 0 saturated heterocycles. The van der Waals surface area contributed by atoms with Crippen LogP contribution in [0.4, 0.5) is 13.2 Å². The lowest BCUT2D eigenvalue weighted by Crippen LogP contribution is -2.64. The van der Waals surface area contributed by atoms with Crippen LogP contribution in [-0.4, -0.2) is 34.7 Å². The number of carboxylic acids is 1. The molecule has 0 saturated carbocycles. The van der Waals surface area contributed by atoms with Crippen LogP contribution < -0.4 is 11.1 Å². The number of nitrogens with two attached hydrogens (primary N) is 1. The van der Waals surface area contributed by atoms with E-state index in [1.807, 2.05) is 5.32 Å². The second kappa shape index (κ2) is 4.75. The number of carbonyl (C=O) groups is 2. The minimum Gasteiger partial charge on any atom is -0.480 e. The fourth-order valence-corrected chi connectivity index (χ4v) is 1.06. The van der Waals surface area contributed by atoms with E-state index >= 15 is 0 Å². The van der Waals surface area contributed by atoms with Crippen LogP contribution >= 0.6 is 0 Å². The summed E-state index contributed by atoms with van der Waals surface area (Å²) in [6.45, 7) is 4.93. The predicted molar refractivity (Wildman–Crippen MR) is 57.7 cm³/mol. The van der Waals surface area contributed by atoms with Crippen molar-refractivity contribution in [2.24, 2.45) is 11.1 Å². The van der Waals surface area contributed by atoms with E-state index in [2.05, 4.69) is 0 Å². The summed E-state index contributed by atoms with van der Waals surface area (Å²) in [6.07, 6.45) is -4.96. The molecule has 0 aromatic carbocycles. The molecule has 2 atom stereocenters. The van der Waals surface area contributed by atoms with E-state index in [1.165, 1.54) is 20.8 Å². The maximum Gasteiger partial charge on any atom is 0.415 e. The van der Waals surface area contributed by atoms with Gasteiger partial charge in [0.1, 0.15) is 6.04 Å². The number of rotatable bonds is 3. The van der Waals surface area contributed by atoms with Gasteiger partial charge in [0.05, 0.1) is 0 Å². The minimum atomic E-state index is -4.96. The molecular formula is C10H17F3N2O3. The normalized spacial score (nSPS) is 17.8. The molecule has 4 N–H and O–H groups in total. The van der Waals surface area contributed by atoms with E-state index in [9.17, 15) is 22.8 Å². The first-order valence-electron chi connectivity index (χ1n) is 5.10. The highest BCUT2D eigenvalue weighted by atomic mass is 19.4. The van der Waals surface area contributed by atoms with Crippen molar-refractivity contribution in [3.8, 4) is 0 Å². The molecule has 8 heteroatoms. The zero-order valence-electron chi connectivity index (χ0n) is 10.6.